The van der Waals surface area contributed by atoms with Gasteiger partial charge in [0.2, 0.25) is 0 Å². The lowest BCUT2D eigenvalue weighted by atomic mass is 9.99. The number of thiocarbonyl (C=S) groups is 1. The molecule has 0 atom stereocenters. The van der Waals surface area contributed by atoms with Gasteiger partial charge in [0.25, 0.3) is 0 Å². The Morgan fingerprint density at radius 3 is 2.47 bits per heavy atom. The van der Waals surface area contributed by atoms with E-state index in [1.54, 1.807) is 13.8 Å². The van der Waals surface area contributed by atoms with Crippen molar-refractivity contribution in [2.75, 3.05) is 5.32 Å². The summed E-state index contributed by atoms with van der Waals surface area (Å²) in [5.41, 5.74) is 4.60. The van der Waals surface area contributed by atoms with Crippen LogP contribution in [-0.2, 0) is 6.18 Å². The third kappa shape index (κ3) is 3.55. The van der Waals surface area contributed by atoms with Crippen molar-refractivity contribution in [2.24, 2.45) is 5.73 Å². The van der Waals surface area contributed by atoms with Crippen LogP contribution in [0.1, 0.15) is 30.9 Å². The Labute approximate surface area is 102 Å². The van der Waals surface area contributed by atoms with Gasteiger partial charge in [-0.15, -0.1) is 0 Å². The topological polar surface area (TPSA) is 50.9 Å². The number of halogens is 3. The van der Waals surface area contributed by atoms with Crippen LogP contribution in [-0.4, -0.2) is 10.1 Å². The molecule has 7 heteroatoms. The smallest absolute Gasteiger partial charge is 0.376 e. The summed E-state index contributed by atoms with van der Waals surface area (Å²) < 4.78 is 38.4. The van der Waals surface area contributed by atoms with E-state index in [0.29, 0.717) is 0 Å². The van der Waals surface area contributed by atoms with Gasteiger partial charge in [-0.05, 0) is 29.8 Å². The highest BCUT2D eigenvalue weighted by Gasteiger charge is 2.34. The fourth-order valence-electron chi connectivity index (χ4n) is 1.37. The van der Waals surface area contributed by atoms with E-state index in [9.17, 15) is 13.2 Å². The molecule has 0 unspecified atom stereocenters. The SMILES string of the molecule is CC(C)c1cnc(NC(N)=S)cc1C(F)(F)F. The van der Waals surface area contributed by atoms with Gasteiger partial charge in [-0.2, -0.15) is 13.2 Å². The second-order valence-electron chi connectivity index (χ2n) is 3.80. The first-order valence-electron chi connectivity index (χ1n) is 4.85. The van der Waals surface area contributed by atoms with Crippen molar-refractivity contribution in [3.63, 3.8) is 0 Å². The number of rotatable bonds is 2. The molecule has 94 valence electrons. The first kappa shape index (κ1) is 13.7. The van der Waals surface area contributed by atoms with Crippen LogP contribution in [0.2, 0.25) is 0 Å². The normalized spacial score (nSPS) is 11.6. The molecule has 1 heterocycles. The van der Waals surface area contributed by atoms with Gasteiger partial charge >= 0.3 is 6.18 Å². The molecule has 0 aliphatic rings. The van der Waals surface area contributed by atoms with E-state index in [-0.39, 0.29) is 22.4 Å². The van der Waals surface area contributed by atoms with E-state index < -0.39 is 11.7 Å². The van der Waals surface area contributed by atoms with E-state index in [1.807, 2.05) is 0 Å². The van der Waals surface area contributed by atoms with Crippen molar-refractivity contribution in [1.29, 1.82) is 0 Å². The van der Waals surface area contributed by atoms with Gasteiger partial charge in [0.05, 0.1) is 5.56 Å². The predicted molar refractivity (Wildman–Crippen MR) is 63.7 cm³/mol. The second-order valence-corrected chi connectivity index (χ2v) is 4.24. The van der Waals surface area contributed by atoms with Crippen molar-refractivity contribution >= 4 is 23.1 Å². The number of nitrogens with one attached hydrogen (secondary N) is 1. The zero-order chi connectivity index (χ0) is 13.2. The molecule has 0 saturated heterocycles. The third-order valence-electron chi connectivity index (χ3n) is 2.11. The van der Waals surface area contributed by atoms with E-state index >= 15 is 0 Å². The Morgan fingerprint density at radius 2 is 2.06 bits per heavy atom. The molecule has 1 aromatic rings. The Hall–Kier alpha value is -1.37. The molecule has 17 heavy (non-hydrogen) atoms. The molecule has 0 amide bonds. The molecule has 3 N–H and O–H groups in total. The predicted octanol–water partition coefficient (Wildman–Crippen LogP) is 2.88. The van der Waals surface area contributed by atoms with Crippen molar-refractivity contribution in [2.45, 2.75) is 25.9 Å². The molecule has 0 bridgehead atoms. The number of nitrogens with zero attached hydrogens (tertiary/aromatic N) is 1. The highest BCUT2D eigenvalue weighted by molar-refractivity contribution is 7.80. The van der Waals surface area contributed by atoms with Gasteiger partial charge in [0.1, 0.15) is 5.82 Å². The molecule has 1 rings (SSSR count). The Balaban J connectivity index is 3.24. The molecular formula is C10H12F3N3S. The fraction of sp³-hybridized carbons (Fsp3) is 0.400. The van der Waals surface area contributed by atoms with Crippen molar-refractivity contribution < 1.29 is 13.2 Å². The lowest BCUT2D eigenvalue weighted by Gasteiger charge is -2.16. The molecule has 0 aliphatic carbocycles. The van der Waals surface area contributed by atoms with Gasteiger partial charge < -0.3 is 11.1 Å². The van der Waals surface area contributed by atoms with Gasteiger partial charge in [-0.1, -0.05) is 13.8 Å². The van der Waals surface area contributed by atoms with Crippen LogP contribution in [0.25, 0.3) is 0 Å². The molecule has 0 spiro atoms. The van der Waals surface area contributed by atoms with Gasteiger partial charge in [-0.25, -0.2) is 4.98 Å². The molecule has 0 aromatic carbocycles. The van der Waals surface area contributed by atoms with Gasteiger partial charge in [0.15, 0.2) is 5.11 Å². The van der Waals surface area contributed by atoms with Gasteiger partial charge in [0, 0.05) is 6.20 Å². The number of pyridine rings is 1. The maximum Gasteiger partial charge on any atom is 0.416 e. The highest BCUT2D eigenvalue weighted by atomic mass is 32.1. The number of aromatic nitrogens is 1. The third-order valence-corrected chi connectivity index (χ3v) is 2.22. The average molecular weight is 263 g/mol. The molecule has 0 radical (unpaired) electrons. The van der Waals surface area contributed by atoms with Crippen LogP contribution < -0.4 is 11.1 Å². The van der Waals surface area contributed by atoms with Crippen molar-refractivity contribution in [1.82, 2.24) is 4.98 Å². The van der Waals surface area contributed by atoms with Crippen molar-refractivity contribution in [3.05, 3.63) is 23.4 Å². The molecule has 0 fully saturated rings. The minimum Gasteiger partial charge on any atom is -0.376 e. The van der Waals surface area contributed by atoms with E-state index in [2.05, 4.69) is 22.5 Å². The number of nitrogens with two attached hydrogens (primary N) is 1. The summed E-state index contributed by atoms with van der Waals surface area (Å²) in [6.45, 7) is 3.35. The van der Waals surface area contributed by atoms with E-state index in [0.717, 1.165) is 6.07 Å². The average Bonchev–Trinajstić information content (AvgIpc) is 2.14. The van der Waals surface area contributed by atoms with Crippen LogP contribution in [0.4, 0.5) is 19.0 Å². The van der Waals surface area contributed by atoms with Crippen LogP contribution >= 0.6 is 12.2 Å². The lowest BCUT2D eigenvalue weighted by molar-refractivity contribution is -0.138. The Kier molecular flexibility index (Phi) is 3.92. The van der Waals surface area contributed by atoms with Crippen LogP contribution in [0.15, 0.2) is 12.3 Å². The summed E-state index contributed by atoms with van der Waals surface area (Å²) in [5.74, 6) is -0.271. The van der Waals surface area contributed by atoms with Crippen LogP contribution in [0.5, 0.6) is 0 Å². The van der Waals surface area contributed by atoms with Gasteiger partial charge in [-0.3, -0.25) is 0 Å². The number of anilines is 1. The summed E-state index contributed by atoms with van der Waals surface area (Å²) in [5, 5.41) is 2.26. The fourth-order valence-corrected chi connectivity index (χ4v) is 1.47. The largest absolute Gasteiger partial charge is 0.416 e. The molecule has 0 aliphatic heterocycles. The van der Waals surface area contributed by atoms with E-state index in [1.165, 1.54) is 6.20 Å². The number of alkyl halides is 3. The minimum atomic E-state index is -4.42. The summed E-state index contributed by atoms with van der Waals surface area (Å²) in [7, 11) is 0. The first-order valence-corrected chi connectivity index (χ1v) is 5.26. The summed E-state index contributed by atoms with van der Waals surface area (Å²) >= 11 is 4.54. The summed E-state index contributed by atoms with van der Waals surface area (Å²) in [4.78, 5) is 3.84. The minimum absolute atomic E-state index is 0.00535. The van der Waals surface area contributed by atoms with Crippen LogP contribution in [0, 0.1) is 0 Å². The number of hydrogen-bond acceptors (Lipinski definition) is 2. The Bertz CT molecular complexity index is 429. The lowest BCUT2D eigenvalue weighted by Crippen LogP contribution is -2.21. The molecular weight excluding hydrogens is 251 g/mol. The maximum absolute atomic E-state index is 12.8. The zero-order valence-corrected chi connectivity index (χ0v) is 10.1. The summed E-state index contributed by atoms with van der Waals surface area (Å²) in [6.07, 6.45) is -3.23. The number of hydrogen-bond donors (Lipinski definition) is 2. The monoisotopic (exact) mass is 263 g/mol. The molecule has 3 nitrogen and oxygen atoms in total. The second kappa shape index (κ2) is 4.87. The zero-order valence-electron chi connectivity index (χ0n) is 9.30. The maximum atomic E-state index is 12.8. The summed E-state index contributed by atoms with van der Waals surface area (Å²) in [6, 6.07) is 0.911. The van der Waals surface area contributed by atoms with Crippen LogP contribution in [0.3, 0.4) is 0 Å². The highest BCUT2D eigenvalue weighted by Crippen LogP contribution is 2.35. The van der Waals surface area contributed by atoms with E-state index in [4.69, 9.17) is 5.73 Å². The van der Waals surface area contributed by atoms with Crippen molar-refractivity contribution in [3.8, 4) is 0 Å². The Morgan fingerprint density at radius 1 is 1.47 bits per heavy atom. The quantitative estimate of drug-likeness (QED) is 0.806. The first-order chi connectivity index (χ1) is 7.71. The molecule has 1 aromatic heterocycles. The molecule has 0 saturated carbocycles. The standard InChI is InChI=1S/C10H12F3N3S/c1-5(2)6-4-15-8(16-9(14)17)3-7(6)10(11,12)13/h3-5H,1-2H3,(H3,14,15,16,17).